The molecule has 6 nitrogen and oxygen atoms in total. The standard InChI is InChI=1S/C20H32ClN2O4P/c1-2-3-4-5-7-14-22-16-17-23(20(22)27-28(24,25)26)15-8-6-9-18-10-12-19(21)13-11-18/h10-13,16-17,20H,2-9,14-15H2,1H3,(H2,24,25,26). The van der Waals surface area contributed by atoms with E-state index in [2.05, 4.69) is 6.92 Å². The molecule has 0 amide bonds. The number of halogens is 1. The first-order valence-corrected chi connectivity index (χ1v) is 12.0. The van der Waals surface area contributed by atoms with Crippen LogP contribution in [-0.2, 0) is 15.5 Å². The Morgan fingerprint density at radius 1 is 0.964 bits per heavy atom. The fraction of sp³-hybridized carbons (Fsp3) is 0.600. The minimum absolute atomic E-state index is 0.682. The summed E-state index contributed by atoms with van der Waals surface area (Å²) < 4.78 is 16.5. The Morgan fingerprint density at radius 2 is 1.54 bits per heavy atom. The van der Waals surface area contributed by atoms with E-state index in [0.29, 0.717) is 6.54 Å². The molecule has 0 spiro atoms. The molecule has 1 aromatic carbocycles. The van der Waals surface area contributed by atoms with Crippen LogP contribution in [0.4, 0.5) is 0 Å². The summed E-state index contributed by atoms with van der Waals surface area (Å²) in [6, 6.07) is 7.83. The molecule has 0 bridgehead atoms. The number of rotatable bonds is 13. The van der Waals surface area contributed by atoms with Crippen molar-refractivity contribution in [2.45, 2.75) is 64.6 Å². The summed E-state index contributed by atoms with van der Waals surface area (Å²) in [7, 11) is -4.57. The highest BCUT2D eigenvalue weighted by Gasteiger charge is 2.32. The van der Waals surface area contributed by atoms with Crippen molar-refractivity contribution in [2.75, 3.05) is 13.1 Å². The Labute approximate surface area is 173 Å². The van der Waals surface area contributed by atoms with Crippen LogP contribution in [0.3, 0.4) is 0 Å². The molecule has 1 aliphatic rings. The molecular formula is C20H32ClN2O4P. The Hall–Kier alpha value is -1.04. The third-order valence-electron chi connectivity index (χ3n) is 4.81. The van der Waals surface area contributed by atoms with Crippen LogP contribution in [0.15, 0.2) is 36.7 Å². The molecule has 28 heavy (non-hydrogen) atoms. The lowest BCUT2D eigenvalue weighted by molar-refractivity contribution is -0.0446. The first-order valence-electron chi connectivity index (χ1n) is 10.1. The third kappa shape index (κ3) is 8.54. The normalized spacial score (nSPS) is 16.9. The van der Waals surface area contributed by atoms with Crippen LogP contribution in [-0.4, -0.2) is 39.0 Å². The van der Waals surface area contributed by atoms with Gasteiger partial charge in [0.2, 0.25) is 6.35 Å². The van der Waals surface area contributed by atoms with Crippen LogP contribution >= 0.6 is 19.4 Å². The number of phosphoric ester groups is 1. The molecule has 0 radical (unpaired) electrons. The van der Waals surface area contributed by atoms with Crippen LogP contribution in [0.2, 0.25) is 5.02 Å². The maximum atomic E-state index is 11.4. The summed E-state index contributed by atoms with van der Waals surface area (Å²) in [6.45, 7) is 3.59. The third-order valence-corrected chi connectivity index (χ3v) is 5.53. The van der Waals surface area contributed by atoms with Crippen LogP contribution in [0.1, 0.15) is 57.4 Å². The minimum atomic E-state index is -4.57. The van der Waals surface area contributed by atoms with Gasteiger partial charge in [-0.2, -0.15) is 0 Å². The average molecular weight is 431 g/mol. The van der Waals surface area contributed by atoms with Crippen LogP contribution < -0.4 is 0 Å². The number of hydrogen-bond donors (Lipinski definition) is 2. The summed E-state index contributed by atoms with van der Waals surface area (Å²) >= 11 is 5.91. The van der Waals surface area contributed by atoms with Gasteiger partial charge in [0.15, 0.2) is 0 Å². The summed E-state index contributed by atoms with van der Waals surface area (Å²) in [6.07, 6.45) is 11.5. The number of phosphoric acid groups is 1. The van der Waals surface area contributed by atoms with Gasteiger partial charge in [-0.3, -0.25) is 0 Å². The molecule has 0 aromatic heterocycles. The van der Waals surface area contributed by atoms with Gasteiger partial charge < -0.3 is 19.6 Å². The van der Waals surface area contributed by atoms with Gasteiger partial charge in [0.25, 0.3) is 0 Å². The molecule has 0 saturated carbocycles. The van der Waals surface area contributed by atoms with Gasteiger partial charge in [-0.15, -0.1) is 0 Å². The second-order valence-corrected chi connectivity index (χ2v) is 8.82. The van der Waals surface area contributed by atoms with Crippen LogP contribution in [0.25, 0.3) is 0 Å². The van der Waals surface area contributed by atoms with Gasteiger partial charge in [-0.05, 0) is 43.4 Å². The summed E-state index contributed by atoms with van der Waals surface area (Å²) in [5.41, 5.74) is 1.23. The molecule has 0 fully saturated rings. The van der Waals surface area contributed by atoms with Crippen molar-refractivity contribution < 1.29 is 18.9 Å². The number of unbranched alkanes of at least 4 members (excludes halogenated alkanes) is 5. The number of nitrogens with zero attached hydrogens (tertiary/aromatic N) is 2. The SMILES string of the molecule is CCCCCCCN1C=CN(CCCCc2ccc(Cl)cc2)C1OP(=O)(O)O. The highest BCUT2D eigenvalue weighted by atomic mass is 35.5. The fourth-order valence-corrected chi connectivity index (χ4v) is 3.91. The monoisotopic (exact) mass is 430 g/mol. The predicted molar refractivity (Wildman–Crippen MR) is 113 cm³/mol. The number of benzene rings is 1. The van der Waals surface area contributed by atoms with E-state index >= 15 is 0 Å². The Morgan fingerprint density at radius 3 is 2.11 bits per heavy atom. The van der Waals surface area contributed by atoms with Crippen molar-refractivity contribution in [3.63, 3.8) is 0 Å². The van der Waals surface area contributed by atoms with E-state index < -0.39 is 14.2 Å². The summed E-state index contributed by atoms with van der Waals surface area (Å²) in [4.78, 5) is 22.3. The lowest BCUT2D eigenvalue weighted by Gasteiger charge is -2.32. The molecule has 1 heterocycles. The zero-order chi connectivity index (χ0) is 20.4. The molecule has 1 unspecified atom stereocenters. The highest BCUT2D eigenvalue weighted by Crippen LogP contribution is 2.40. The number of aryl methyl sites for hydroxylation is 1. The zero-order valence-corrected chi connectivity index (χ0v) is 18.2. The van der Waals surface area contributed by atoms with E-state index in [0.717, 1.165) is 43.7 Å². The van der Waals surface area contributed by atoms with E-state index in [9.17, 15) is 14.4 Å². The molecule has 0 aliphatic carbocycles. The van der Waals surface area contributed by atoms with Crippen molar-refractivity contribution in [3.8, 4) is 0 Å². The topological polar surface area (TPSA) is 73.2 Å². The molecule has 8 heteroatoms. The number of hydrogen-bond acceptors (Lipinski definition) is 4. The summed E-state index contributed by atoms with van der Waals surface area (Å²) in [5, 5.41) is 0.734. The van der Waals surface area contributed by atoms with Gasteiger partial charge in [0.1, 0.15) is 0 Å². The quantitative estimate of drug-likeness (QED) is 0.334. The predicted octanol–water partition coefficient (Wildman–Crippen LogP) is 5.11. The van der Waals surface area contributed by atoms with Gasteiger partial charge in [0, 0.05) is 30.5 Å². The lowest BCUT2D eigenvalue weighted by atomic mass is 10.1. The Kier molecular flexibility index (Phi) is 9.83. The van der Waals surface area contributed by atoms with Crippen molar-refractivity contribution in [1.29, 1.82) is 0 Å². The van der Waals surface area contributed by atoms with E-state index in [1.165, 1.54) is 24.8 Å². The molecule has 1 aromatic rings. The smallest absolute Gasteiger partial charge is 0.334 e. The van der Waals surface area contributed by atoms with E-state index in [1.54, 1.807) is 0 Å². The van der Waals surface area contributed by atoms with E-state index in [-0.39, 0.29) is 0 Å². The van der Waals surface area contributed by atoms with E-state index in [1.807, 2.05) is 46.5 Å². The fourth-order valence-electron chi connectivity index (χ4n) is 3.30. The minimum Gasteiger partial charge on any atom is -0.334 e. The molecular weight excluding hydrogens is 399 g/mol. The second-order valence-electron chi connectivity index (χ2n) is 7.19. The Balaban J connectivity index is 1.79. The first-order chi connectivity index (χ1) is 13.4. The van der Waals surface area contributed by atoms with Gasteiger partial charge in [-0.1, -0.05) is 56.3 Å². The van der Waals surface area contributed by atoms with Crippen molar-refractivity contribution >= 4 is 19.4 Å². The molecule has 2 N–H and O–H groups in total. The largest absolute Gasteiger partial charge is 0.472 e. The summed E-state index contributed by atoms with van der Waals surface area (Å²) in [5.74, 6) is 0. The highest BCUT2D eigenvalue weighted by molar-refractivity contribution is 7.46. The zero-order valence-electron chi connectivity index (χ0n) is 16.5. The molecule has 158 valence electrons. The van der Waals surface area contributed by atoms with Crippen molar-refractivity contribution in [3.05, 3.63) is 47.3 Å². The van der Waals surface area contributed by atoms with Crippen molar-refractivity contribution in [1.82, 2.24) is 9.80 Å². The van der Waals surface area contributed by atoms with Crippen LogP contribution in [0.5, 0.6) is 0 Å². The second kappa shape index (κ2) is 11.8. The van der Waals surface area contributed by atoms with Gasteiger partial charge in [-0.25, -0.2) is 9.09 Å². The van der Waals surface area contributed by atoms with Crippen LogP contribution in [0, 0.1) is 0 Å². The first kappa shape index (κ1) is 23.2. The average Bonchev–Trinajstić information content (AvgIpc) is 3.00. The lowest BCUT2D eigenvalue weighted by Crippen LogP contribution is -2.41. The van der Waals surface area contributed by atoms with E-state index in [4.69, 9.17) is 16.1 Å². The maximum Gasteiger partial charge on any atom is 0.472 e. The molecule has 1 atom stereocenters. The molecule has 0 saturated heterocycles. The molecule has 2 rings (SSSR count). The van der Waals surface area contributed by atoms with Gasteiger partial charge in [0.05, 0.1) is 0 Å². The maximum absolute atomic E-state index is 11.4. The van der Waals surface area contributed by atoms with Gasteiger partial charge >= 0.3 is 7.82 Å². The van der Waals surface area contributed by atoms with Crippen molar-refractivity contribution in [2.24, 2.45) is 0 Å². The Bertz CT molecular complexity index is 650. The molecule has 1 aliphatic heterocycles.